The number of rotatable bonds is 19. The molecule has 0 N–H and O–H groups in total. The van der Waals surface area contributed by atoms with Crippen LogP contribution in [0.4, 0.5) is 0 Å². The van der Waals surface area contributed by atoms with Crippen molar-refractivity contribution in [1.82, 2.24) is 0 Å². The van der Waals surface area contributed by atoms with E-state index >= 15 is 0 Å². The summed E-state index contributed by atoms with van der Waals surface area (Å²) in [5.41, 5.74) is 0. The van der Waals surface area contributed by atoms with Crippen molar-refractivity contribution < 1.29 is 17.7 Å². The fourth-order valence-electron chi connectivity index (χ4n) is 3.54. The summed E-state index contributed by atoms with van der Waals surface area (Å²) in [7, 11) is -4.38. The zero-order valence-electron chi connectivity index (χ0n) is 18.4. The molecule has 0 heterocycles. The van der Waals surface area contributed by atoms with Gasteiger partial charge in [-0.25, -0.2) is 8.42 Å². The monoisotopic (exact) mass is 425 g/mol. The maximum Gasteiger partial charge on any atom is 0.124 e. The molecule has 0 saturated heterocycles. The molecular weight excluding hydrogens is 384 g/mol. The van der Waals surface area contributed by atoms with Crippen molar-refractivity contribution in [1.29, 1.82) is 0 Å². The van der Waals surface area contributed by atoms with E-state index in [-0.39, 0.29) is 4.90 Å². The third kappa shape index (κ3) is 14.5. The summed E-state index contributed by atoms with van der Waals surface area (Å²) >= 11 is 0. The Morgan fingerprint density at radius 2 is 1.03 bits per heavy atom. The van der Waals surface area contributed by atoms with E-state index in [4.69, 9.17) is 4.74 Å². The van der Waals surface area contributed by atoms with Gasteiger partial charge in [-0.1, -0.05) is 103 Å². The van der Waals surface area contributed by atoms with Crippen LogP contribution < -0.4 is 4.74 Å². The van der Waals surface area contributed by atoms with Crippen LogP contribution in [0.15, 0.2) is 29.2 Å². The summed E-state index contributed by atoms with van der Waals surface area (Å²) in [4.78, 5) is -0.216. The van der Waals surface area contributed by atoms with E-state index in [0.717, 1.165) is 12.8 Å². The molecule has 0 saturated carbocycles. The van der Waals surface area contributed by atoms with E-state index in [9.17, 15) is 13.0 Å². The van der Waals surface area contributed by atoms with Crippen molar-refractivity contribution in [3.05, 3.63) is 24.3 Å². The molecule has 168 valence electrons. The van der Waals surface area contributed by atoms with Crippen molar-refractivity contribution in [2.24, 2.45) is 0 Å². The second kappa shape index (κ2) is 16.7. The highest BCUT2D eigenvalue weighted by Crippen LogP contribution is 2.17. The van der Waals surface area contributed by atoms with E-state index in [0.29, 0.717) is 12.4 Å². The molecule has 0 bridgehead atoms. The fraction of sp³-hybridized carbons (Fsp3) is 0.750. The average molecular weight is 426 g/mol. The Hall–Kier alpha value is -1.07. The number of ether oxygens (including phenoxy) is 1. The summed E-state index contributed by atoms with van der Waals surface area (Å²) < 4.78 is 38.2. The summed E-state index contributed by atoms with van der Waals surface area (Å²) in [5, 5.41) is 0. The lowest BCUT2D eigenvalue weighted by Crippen LogP contribution is -2.00. The van der Waals surface area contributed by atoms with Crippen LogP contribution in [-0.4, -0.2) is 19.6 Å². The Labute approximate surface area is 179 Å². The lowest BCUT2D eigenvalue weighted by atomic mass is 10.0. The first-order valence-electron chi connectivity index (χ1n) is 11.7. The molecule has 1 aromatic carbocycles. The normalized spacial score (nSPS) is 11.7. The van der Waals surface area contributed by atoms with E-state index in [1.807, 2.05) is 0 Å². The summed E-state index contributed by atoms with van der Waals surface area (Å²) in [6.45, 7) is 2.90. The Bertz CT molecular complexity index is 596. The topological polar surface area (TPSA) is 66.4 Å². The molecule has 0 aliphatic carbocycles. The Balaban J connectivity index is 1.83. The summed E-state index contributed by atoms with van der Waals surface area (Å²) in [5.74, 6) is 0.610. The smallest absolute Gasteiger partial charge is 0.124 e. The van der Waals surface area contributed by atoms with Gasteiger partial charge in [0.1, 0.15) is 15.9 Å². The lowest BCUT2D eigenvalue weighted by Gasteiger charge is -2.09. The van der Waals surface area contributed by atoms with Gasteiger partial charge in [0, 0.05) is 0 Å². The van der Waals surface area contributed by atoms with Crippen molar-refractivity contribution in [2.75, 3.05) is 6.61 Å². The predicted molar refractivity (Wildman–Crippen MR) is 119 cm³/mol. The molecule has 0 aliphatic rings. The first-order chi connectivity index (χ1) is 14.0. The molecule has 0 atom stereocenters. The van der Waals surface area contributed by atoms with Gasteiger partial charge in [-0.15, -0.1) is 0 Å². The molecule has 0 radical (unpaired) electrons. The van der Waals surface area contributed by atoms with Crippen LogP contribution in [-0.2, 0) is 10.1 Å². The van der Waals surface area contributed by atoms with E-state index in [1.165, 1.54) is 114 Å². The quantitative estimate of drug-likeness (QED) is 0.173. The van der Waals surface area contributed by atoms with Gasteiger partial charge in [0.25, 0.3) is 0 Å². The lowest BCUT2D eigenvalue weighted by molar-refractivity contribution is 0.304. The molecule has 29 heavy (non-hydrogen) atoms. The minimum atomic E-state index is -4.38. The zero-order chi connectivity index (χ0) is 21.2. The third-order valence-electron chi connectivity index (χ3n) is 5.38. The van der Waals surface area contributed by atoms with Crippen LogP contribution in [0.1, 0.15) is 110 Å². The SMILES string of the molecule is CCCCCCCCCCCCCCCCCCOc1ccc(S(=O)(=O)[O-])cc1. The van der Waals surface area contributed by atoms with Gasteiger partial charge in [-0.3, -0.25) is 0 Å². The Morgan fingerprint density at radius 1 is 0.655 bits per heavy atom. The van der Waals surface area contributed by atoms with Gasteiger partial charge in [0.2, 0.25) is 0 Å². The molecule has 5 heteroatoms. The average Bonchev–Trinajstić information content (AvgIpc) is 2.70. The number of unbranched alkanes of at least 4 members (excludes halogenated alkanes) is 15. The molecule has 0 aromatic heterocycles. The minimum Gasteiger partial charge on any atom is -0.744 e. The van der Waals surface area contributed by atoms with Crippen LogP contribution in [0.5, 0.6) is 5.75 Å². The second-order valence-electron chi connectivity index (χ2n) is 8.08. The second-order valence-corrected chi connectivity index (χ2v) is 9.46. The predicted octanol–water partition coefficient (Wildman–Crippen LogP) is 7.23. The van der Waals surface area contributed by atoms with Crippen molar-refractivity contribution >= 4 is 10.1 Å². The molecule has 0 amide bonds. The first-order valence-corrected chi connectivity index (χ1v) is 13.1. The number of hydrogen-bond acceptors (Lipinski definition) is 4. The van der Waals surface area contributed by atoms with E-state index in [1.54, 1.807) is 0 Å². The van der Waals surface area contributed by atoms with Crippen LogP contribution in [0, 0.1) is 0 Å². The molecule has 4 nitrogen and oxygen atoms in total. The fourth-order valence-corrected chi connectivity index (χ4v) is 4.01. The molecule has 1 rings (SSSR count). The van der Waals surface area contributed by atoms with Crippen LogP contribution in [0.2, 0.25) is 0 Å². The highest BCUT2D eigenvalue weighted by Gasteiger charge is 2.01. The van der Waals surface area contributed by atoms with Crippen LogP contribution >= 0.6 is 0 Å². The van der Waals surface area contributed by atoms with Crippen molar-refractivity contribution in [3.8, 4) is 5.75 Å². The summed E-state index contributed by atoms with van der Waals surface area (Å²) in [6.07, 6.45) is 21.4. The largest absolute Gasteiger partial charge is 0.744 e. The Morgan fingerprint density at radius 3 is 1.41 bits per heavy atom. The van der Waals surface area contributed by atoms with Gasteiger partial charge in [-0.05, 0) is 30.7 Å². The third-order valence-corrected chi connectivity index (χ3v) is 6.23. The molecule has 1 aromatic rings. The molecule has 0 spiro atoms. The van der Waals surface area contributed by atoms with Gasteiger partial charge in [0.05, 0.1) is 11.5 Å². The van der Waals surface area contributed by atoms with E-state index in [2.05, 4.69) is 6.92 Å². The molecule has 0 aliphatic heterocycles. The highest BCUT2D eigenvalue weighted by atomic mass is 32.2. The van der Waals surface area contributed by atoms with E-state index < -0.39 is 10.1 Å². The maximum atomic E-state index is 10.9. The first kappa shape index (κ1) is 26.0. The minimum absolute atomic E-state index is 0.216. The maximum absolute atomic E-state index is 10.9. The standard InChI is InChI=1S/C24H42O4S/c1-2-3-4-5-6-7-8-9-10-11-12-13-14-15-16-17-22-28-23-18-20-24(21-19-23)29(25,26)27/h18-21H,2-17,22H2,1H3,(H,25,26,27)/p-1. The zero-order valence-corrected chi connectivity index (χ0v) is 19.2. The number of hydrogen-bond donors (Lipinski definition) is 0. The molecular formula is C24H41O4S-. The van der Waals surface area contributed by atoms with Crippen LogP contribution in [0.3, 0.4) is 0 Å². The highest BCUT2D eigenvalue weighted by molar-refractivity contribution is 7.85. The molecule has 0 unspecified atom stereocenters. The van der Waals surface area contributed by atoms with Gasteiger partial charge >= 0.3 is 0 Å². The Kier molecular flexibility index (Phi) is 15.0. The molecule has 0 fully saturated rings. The van der Waals surface area contributed by atoms with Gasteiger partial charge in [0.15, 0.2) is 0 Å². The summed E-state index contributed by atoms with van der Waals surface area (Å²) in [6, 6.07) is 5.67. The van der Waals surface area contributed by atoms with Crippen molar-refractivity contribution in [3.63, 3.8) is 0 Å². The van der Waals surface area contributed by atoms with Gasteiger partial charge < -0.3 is 9.29 Å². The number of benzene rings is 1. The van der Waals surface area contributed by atoms with Crippen molar-refractivity contribution in [2.45, 2.75) is 115 Å². The van der Waals surface area contributed by atoms with Gasteiger partial charge in [-0.2, -0.15) is 0 Å². The van der Waals surface area contributed by atoms with Crippen LogP contribution in [0.25, 0.3) is 0 Å².